The van der Waals surface area contributed by atoms with Crippen LogP contribution in [-0.2, 0) is 0 Å². The second-order valence-electron chi connectivity index (χ2n) is 6.72. The van der Waals surface area contributed by atoms with Crippen molar-refractivity contribution in [2.45, 2.75) is 24.9 Å². The smallest absolute Gasteiger partial charge is 0.280 e. The topological polar surface area (TPSA) is 107 Å². The van der Waals surface area contributed by atoms with Gasteiger partial charge in [0.15, 0.2) is 17.9 Å². The Balaban J connectivity index is 1.21. The predicted octanol–water partition coefficient (Wildman–Crippen LogP) is 3.40. The Morgan fingerprint density at radius 3 is 2.71 bits per heavy atom. The van der Waals surface area contributed by atoms with Crippen LogP contribution in [0.4, 0.5) is 0 Å². The summed E-state index contributed by atoms with van der Waals surface area (Å²) in [6.45, 7) is 0. The van der Waals surface area contributed by atoms with Gasteiger partial charge in [0.2, 0.25) is 5.88 Å². The Hall–Kier alpha value is -3.68. The van der Waals surface area contributed by atoms with Gasteiger partial charge in [0, 0.05) is 5.56 Å². The minimum Gasteiger partial charge on any atom is -0.473 e. The molecule has 0 radical (unpaired) electrons. The van der Waals surface area contributed by atoms with Gasteiger partial charge in [-0.1, -0.05) is 18.2 Å². The summed E-state index contributed by atoms with van der Waals surface area (Å²) in [5, 5.41) is 2.23. The van der Waals surface area contributed by atoms with Gasteiger partial charge in [0.25, 0.3) is 5.56 Å². The van der Waals surface area contributed by atoms with Crippen LogP contribution >= 0.6 is 0 Å². The number of H-pyrrole nitrogens is 1. The Kier molecular flexibility index (Phi) is 4.01. The van der Waals surface area contributed by atoms with Crippen molar-refractivity contribution in [1.82, 2.24) is 20.1 Å². The lowest BCUT2D eigenvalue weighted by Crippen LogP contribution is -2.32. The van der Waals surface area contributed by atoms with E-state index < -0.39 is 0 Å². The molecule has 3 aromatic heterocycles. The van der Waals surface area contributed by atoms with Crippen LogP contribution in [0.1, 0.15) is 24.3 Å². The molecule has 3 heterocycles. The van der Waals surface area contributed by atoms with E-state index in [4.69, 9.17) is 13.7 Å². The van der Waals surface area contributed by atoms with Gasteiger partial charge in [-0.15, -0.1) is 0 Å². The maximum Gasteiger partial charge on any atom is 0.280 e. The van der Waals surface area contributed by atoms with E-state index in [2.05, 4.69) is 32.2 Å². The average molecular weight is 376 g/mol. The molecule has 1 aliphatic rings. The van der Waals surface area contributed by atoms with E-state index in [1.165, 1.54) is 24.2 Å². The van der Waals surface area contributed by atoms with Crippen molar-refractivity contribution in [2.75, 3.05) is 0 Å². The SMILES string of the molecule is O=c1cc(-c2cnc(OC3CC(c4cccc(-c5cnco5)c4)C3)cn2)o[nH]1. The quantitative estimate of drug-likeness (QED) is 0.569. The number of rotatable bonds is 5. The number of aromatic nitrogens is 4. The lowest BCUT2D eigenvalue weighted by Gasteiger charge is -2.35. The number of aromatic amines is 1. The molecule has 0 aliphatic heterocycles. The summed E-state index contributed by atoms with van der Waals surface area (Å²) in [7, 11) is 0. The summed E-state index contributed by atoms with van der Waals surface area (Å²) in [6, 6.07) is 9.64. The van der Waals surface area contributed by atoms with Gasteiger partial charge in [-0.2, -0.15) is 5.16 Å². The van der Waals surface area contributed by atoms with Crippen LogP contribution in [0.3, 0.4) is 0 Å². The van der Waals surface area contributed by atoms with E-state index in [1.807, 2.05) is 12.1 Å². The first-order chi connectivity index (χ1) is 13.7. The van der Waals surface area contributed by atoms with Crippen molar-refractivity contribution in [2.24, 2.45) is 0 Å². The molecule has 28 heavy (non-hydrogen) atoms. The maximum atomic E-state index is 11.1. The van der Waals surface area contributed by atoms with Crippen LogP contribution in [0.5, 0.6) is 5.88 Å². The summed E-state index contributed by atoms with van der Waals surface area (Å²) < 4.78 is 16.3. The molecule has 1 aromatic carbocycles. The number of hydrogen-bond donors (Lipinski definition) is 1. The molecule has 1 saturated carbocycles. The highest BCUT2D eigenvalue weighted by Gasteiger charge is 2.32. The molecule has 1 fully saturated rings. The standard InChI is InChI=1S/C20H16N4O4/c25-19-7-17(28-24-19)16-8-23-20(10-22-16)27-15-5-14(6-15)12-2-1-3-13(4-12)18-9-21-11-26-18/h1-4,7-11,14-15H,5-6H2,(H,24,25). The fourth-order valence-corrected chi connectivity index (χ4v) is 3.32. The first-order valence-corrected chi connectivity index (χ1v) is 8.91. The number of oxazole rings is 1. The van der Waals surface area contributed by atoms with Crippen LogP contribution in [-0.4, -0.2) is 26.2 Å². The Morgan fingerprint density at radius 1 is 1.07 bits per heavy atom. The van der Waals surface area contributed by atoms with E-state index >= 15 is 0 Å². The number of nitrogens with zero attached hydrogens (tertiary/aromatic N) is 3. The first kappa shape index (κ1) is 16.5. The highest BCUT2D eigenvalue weighted by atomic mass is 16.5. The third-order valence-corrected chi connectivity index (χ3v) is 4.86. The fraction of sp³-hybridized carbons (Fsp3) is 0.200. The minimum atomic E-state index is -0.315. The van der Waals surface area contributed by atoms with Gasteiger partial charge < -0.3 is 13.7 Å². The van der Waals surface area contributed by atoms with Gasteiger partial charge in [0.05, 0.1) is 24.7 Å². The molecule has 0 unspecified atom stereocenters. The van der Waals surface area contributed by atoms with Crippen molar-refractivity contribution in [1.29, 1.82) is 0 Å². The van der Waals surface area contributed by atoms with E-state index in [0.29, 0.717) is 23.3 Å². The molecule has 1 N–H and O–H groups in total. The molecule has 8 heteroatoms. The molecule has 4 aromatic rings. The van der Waals surface area contributed by atoms with Gasteiger partial charge in [-0.25, -0.2) is 15.0 Å². The summed E-state index contributed by atoms with van der Waals surface area (Å²) in [5.41, 5.74) is 2.45. The van der Waals surface area contributed by atoms with Crippen molar-refractivity contribution in [3.8, 4) is 28.7 Å². The van der Waals surface area contributed by atoms with Gasteiger partial charge in [-0.05, 0) is 30.4 Å². The monoisotopic (exact) mass is 376 g/mol. The van der Waals surface area contributed by atoms with Crippen LogP contribution < -0.4 is 10.3 Å². The van der Waals surface area contributed by atoms with Crippen LogP contribution in [0.25, 0.3) is 22.8 Å². The van der Waals surface area contributed by atoms with E-state index in [9.17, 15) is 4.79 Å². The van der Waals surface area contributed by atoms with E-state index in [0.717, 1.165) is 24.2 Å². The number of benzene rings is 1. The molecule has 1 aliphatic carbocycles. The summed E-state index contributed by atoms with van der Waals surface area (Å²) in [4.78, 5) is 23.6. The molecule has 5 rings (SSSR count). The Morgan fingerprint density at radius 2 is 2.00 bits per heavy atom. The summed E-state index contributed by atoms with van der Waals surface area (Å²) in [6.07, 6.45) is 8.15. The molecular formula is C20H16N4O4. The third-order valence-electron chi connectivity index (χ3n) is 4.86. The molecule has 140 valence electrons. The predicted molar refractivity (Wildman–Crippen MR) is 98.7 cm³/mol. The zero-order valence-electron chi connectivity index (χ0n) is 14.7. The van der Waals surface area contributed by atoms with Crippen molar-refractivity contribution >= 4 is 0 Å². The second-order valence-corrected chi connectivity index (χ2v) is 6.72. The zero-order chi connectivity index (χ0) is 18.9. The fourth-order valence-electron chi connectivity index (χ4n) is 3.32. The van der Waals surface area contributed by atoms with Crippen molar-refractivity contribution in [3.63, 3.8) is 0 Å². The zero-order valence-corrected chi connectivity index (χ0v) is 14.7. The lowest BCUT2D eigenvalue weighted by molar-refractivity contribution is 0.0931. The van der Waals surface area contributed by atoms with Gasteiger partial charge >= 0.3 is 0 Å². The third kappa shape index (κ3) is 3.20. The van der Waals surface area contributed by atoms with Crippen molar-refractivity contribution in [3.05, 3.63) is 71.2 Å². The van der Waals surface area contributed by atoms with Crippen LogP contribution in [0, 0.1) is 0 Å². The normalized spacial score (nSPS) is 18.6. The van der Waals surface area contributed by atoms with E-state index in [-0.39, 0.29) is 11.7 Å². The largest absolute Gasteiger partial charge is 0.473 e. The Labute approximate surface area is 159 Å². The number of nitrogens with one attached hydrogen (secondary N) is 1. The summed E-state index contributed by atoms with van der Waals surface area (Å²) in [5.74, 6) is 2.01. The van der Waals surface area contributed by atoms with Crippen molar-refractivity contribution < 1.29 is 13.7 Å². The average Bonchev–Trinajstić information content (AvgIpc) is 3.37. The maximum absolute atomic E-state index is 11.1. The molecule has 0 saturated heterocycles. The Bertz CT molecular complexity index is 1130. The minimum absolute atomic E-state index is 0.101. The molecule has 0 atom stereocenters. The second kappa shape index (κ2) is 6.80. The van der Waals surface area contributed by atoms with Gasteiger partial charge in [0.1, 0.15) is 11.8 Å². The van der Waals surface area contributed by atoms with Crippen LogP contribution in [0.15, 0.2) is 69.1 Å². The summed E-state index contributed by atoms with van der Waals surface area (Å²) >= 11 is 0. The molecule has 0 bridgehead atoms. The number of hydrogen-bond acceptors (Lipinski definition) is 7. The molecular weight excluding hydrogens is 360 g/mol. The lowest BCUT2D eigenvalue weighted by atomic mass is 9.77. The first-order valence-electron chi connectivity index (χ1n) is 8.91. The highest BCUT2D eigenvalue weighted by Crippen LogP contribution is 2.40. The molecule has 8 nitrogen and oxygen atoms in total. The molecule has 0 spiro atoms. The van der Waals surface area contributed by atoms with E-state index in [1.54, 1.807) is 12.4 Å². The van der Waals surface area contributed by atoms with Gasteiger partial charge in [-0.3, -0.25) is 4.79 Å². The molecule has 0 amide bonds. The number of ether oxygens (including phenoxy) is 1. The highest BCUT2D eigenvalue weighted by molar-refractivity contribution is 5.57. The van der Waals surface area contributed by atoms with Crippen LogP contribution in [0.2, 0.25) is 0 Å².